The van der Waals surface area contributed by atoms with Gasteiger partial charge in [-0.1, -0.05) is 13.8 Å². The van der Waals surface area contributed by atoms with Gasteiger partial charge in [0.1, 0.15) is 0 Å². The molecule has 1 aliphatic rings. The van der Waals surface area contributed by atoms with Crippen LogP contribution in [0.3, 0.4) is 0 Å². The lowest BCUT2D eigenvalue weighted by atomic mass is 9.97. The van der Waals surface area contributed by atoms with Gasteiger partial charge in [-0.05, 0) is 45.7 Å². The van der Waals surface area contributed by atoms with Gasteiger partial charge in [0.05, 0.1) is 0 Å². The van der Waals surface area contributed by atoms with Crippen LogP contribution in [0, 0.1) is 5.92 Å². The number of hydrogen-bond donors (Lipinski definition) is 2. The molecule has 1 rings (SSSR count). The van der Waals surface area contributed by atoms with Crippen molar-refractivity contribution in [1.29, 1.82) is 0 Å². The van der Waals surface area contributed by atoms with Crippen molar-refractivity contribution in [2.75, 3.05) is 26.2 Å². The molecule has 1 fully saturated rings. The molecule has 0 bridgehead atoms. The summed E-state index contributed by atoms with van der Waals surface area (Å²) in [5.74, 6) is 0.918. The Morgan fingerprint density at radius 2 is 2.00 bits per heavy atom. The fraction of sp³-hybridized carbons (Fsp3) is 0.933. The fourth-order valence-corrected chi connectivity index (χ4v) is 2.58. The number of carbonyl (C=O) groups excluding carboxylic acids is 1. The third-order valence-corrected chi connectivity index (χ3v) is 3.52. The highest BCUT2D eigenvalue weighted by molar-refractivity contribution is 5.76. The van der Waals surface area contributed by atoms with Crippen LogP contribution < -0.4 is 10.6 Å². The summed E-state index contributed by atoms with van der Waals surface area (Å²) in [5.41, 5.74) is 0. The molecule has 1 unspecified atom stereocenters. The van der Waals surface area contributed by atoms with E-state index in [0.717, 1.165) is 32.1 Å². The van der Waals surface area contributed by atoms with Gasteiger partial charge < -0.3 is 15.5 Å². The highest BCUT2D eigenvalue weighted by Crippen LogP contribution is 2.16. The van der Waals surface area contributed by atoms with E-state index in [2.05, 4.69) is 29.4 Å². The molecule has 1 amide bonds. The Labute approximate surface area is 118 Å². The summed E-state index contributed by atoms with van der Waals surface area (Å²) in [5, 5.41) is 6.48. The minimum absolute atomic E-state index is 0.178. The monoisotopic (exact) mass is 269 g/mol. The maximum Gasteiger partial charge on any atom is 0.221 e. The van der Waals surface area contributed by atoms with E-state index in [-0.39, 0.29) is 11.9 Å². The van der Waals surface area contributed by atoms with E-state index < -0.39 is 0 Å². The normalized spacial score (nSPS) is 21.1. The zero-order valence-electron chi connectivity index (χ0n) is 13.0. The maximum atomic E-state index is 11.6. The summed E-state index contributed by atoms with van der Waals surface area (Å²) in [6.07, 6.45) is 3.20. The standard InChI is InChI=1S/C15H31N3O/c1-12(2)16-10-14-6-5-8-18(11-14)9-7-15(19)17-13(3)4/h12-14,16H,5-11H2,1-4H3,(H,17,19). The molecule has 0 aromatic heterocycles. The third kappa shape index (κ3) is 7.53. The molecule has 2 N–H and O–H groups in total. The predicted molar refractivity (Wildman–Crippen MR) is 80.2 cm³/mol. The van der Waals surface area contributed by atoms with Gasteiger partial charge in [0.25, 0.3) is 0 Å². The molecule has 19 heavy (non-hydrogen) atoms. The van der Waals surface area contributed by atoms with E-state index in [9.17, 15) is 4.79 Å². The van der Waals surface area contributed by atoms with Crippen LogP contribution in [-0.4, -0.2) is 49.1 Å². The lowest BCUT2D eigenvalue weighted by Crippen LogP contribution is -2.42. The summed E-state index contributed by atoms with van der Waals surface area (Å²) in [6, 6.07) is 0.809. The van der Waals surface area contributed by atoms with Crippen LogP contribution >= 0.6 is 0 Å². The number of rotatable bonds is 7. The van der Waals surface area contributed by atoms with Crippen LogP contribution in [0.1, 0.15) is 47.0 Å². The minimum atomic E-state index is 0.178. The first-order chi connectivity index (χ1) is 8.97. The molecule has 0 spiro atoms. The number of amides is 1. The SMILES string of the molecule is CC(C)NCC1CCCN(CCC(=O)NC(C)C)C1. The Morgan fingerprint density at radius 1 is 1.26 bits per heavy atom. The minimum Gasteiger partial charge on any atom is -0.354 e. The van der Waals surface area contributed by atoms with Crippen molar-refractivity contribution in [3.8, 4) is 0 Å². The lowest BCUT2D eigenvalue weighted by molar-refractivity contribution is -0.122. The molecule has 1 atom stereocenters. The molecular weight excluding hydrogens is 238 g/mol. The molecule has 0 aliphatic carbocycles. The second kappa shape index (κ2) is 8.54. The zero-order valence-corrected chi connectivity index (χ0v) is 13.0. The smallest absolute Gasteiger partial charge is 0.221 e. The molecule has 112 valence electrons. The van der Waals surface area contributed by atoms with Crippen molar-refractivity contribution in [1.82, 2.24) is 15.5 Å². The number of nitrogens with zero attached hydrogens (tertiary/aromatic N) is 1. The van der Waals surface area contributed by atoms with Crippen molar-refractivity contribution < 1.29 is 4.79 Å². The van der Waals surface area contributed by atoms with E-state index >= 15 is 0 Å². The van der Waals surface area contributed by atoms with Crippen molar-refractivity contribution in [2.45, 2.75) is 59.0 Å². The average Bonchev–Trinajstić information content (AvgIpc) is 2.34. The number of nitrogens with one attached hydrogen (secondary N) is 2. The van der Waals surface area contributed by atoms with Gasteiger partial charge in [-0.25, -0.2) is 0 Å². The van der Waals surface area contributed by atoms with Crippen LogP contribution in [0.15, 0.2) is 0 Å². The molecule has 0 aromatic carbocycles. The first-order valence-electron chi connectivity index (χ1n) is 7.72. The van der Waals surface area contributed by atoms with Crippen molar-refractivity contribution in [2.24, 2.45) is 5.92 Å². The molecule has 0 radical (unpaired) electrons. The summed E-state index contributed by atoms with van der Waals surface area (Å²) >= 11 is 0. The number of hydrogen-bond acceptors (Lipinski definition) is 3. The predicted octanol–water partition coefficient (Wildman–Crippen LogP) is 1.61. The van der Waals surface area contributed by atoms with Crippen molar-refractivity contribution in [3.05, 3.63) is 0 Å². The largest absolute Gasteiger partial charge is 0.354 e. The Bertz CT molecular complexity index is 266. The van der Waals surface area contributed by atoms with Gasteiger partial charge in [0, 0.05) is 31.6 Å². The van der Waals surface area contributed by atoms with Crippen LogP contribution in [0.4, 0.5) is 0 Å². The maximum absolute atomic E-state index is 11.6. The lowest BCUT2D eigenvalue weighted by Gasteiger charge is -2.33. The molecular formula is C15H31N3O. The first kappa shape index (κ1) is 16.4. The van der Waals surface area contributed by atoms with Gasteiger partial charge in [0.15, 0.2) is 0 Å². The topological polar surface area (TPSA) is 44.4 Å². The van der Waals surface area contributed by atoms with Crippen LogP contribution in [0.25, 0.3) is 0 Å². The number of carbonyl (C=O) groups is 1. The Kier molecular flexibility index (Phi) is 7.39. The summed E-state index contributed by atoms with van der Waals surface area (Å²) in [7, 11) is 0. The number of likely N-dealkylation sites (tertiary alicyclic amines) is 1. The zero-order chi connectivity index (χ0) is 14.3. The summed E-state index contributed by atoms with van der Waals surface area (Å²) in [4.78, 5) is 14.1. The van der Waals surface area contributed by atoms with E-state index in [0.29, 0.717) is 12.5 Å². The highest BCUT2D eigenvalue weighted by atomic mass is 16.1. The Balaban J connectivity index is 2.21. The van der Waals surface area contributed by atoms with Gasteiger partial charge in [0.2, 0.25) is 5.91 Å². The average molecular weight is 269 g/mol. The quantitative estimate of drug-likeness (QED) is 0.738. The van der Waals surface area contributed by atoms with Crippen LogP contribution in [0.2, 0.25) is 0 Å². The van der Waals surface area contributed by atoms with Gasteiger partial charge >= 0.3 is 0 Å². The van der Waals surface area contributed by atoms with Gasteiger partial charge in [-0.2, -0.15) is 0 Å². The second-order valence-corrected chi connectivity index (χ2v) is 6.34. The first-order valence-corrected chi connectivity index (χ1v) is 7.72. The molecule has 1 saturated heterocycles. The van der Waals surface area contributed by atoms with E-state index in [1.165, 1.54) is 12.8 Å². The summed E-state index contributed by atoms with van der Waals surface area (Å²) < 4.78 is 0. The van der Waals surface area contributed by atoms with Gasteiger partial charge in [-0.15, -0.1) is 0 Å². The van der Waals surface area contributed by atoms with Gasteiger partial charge in [-0.3, -0.25) is 4.79 Å². The third-order valence-electron chi connectivity index (χ3n) is 3.52. The molecule has 0 aromatic rings. The summed E-state index contributed by atoms with van der Waals surface area (Å²) in [6.45, 7) is 12.7. The highest BCUT2D eigenvalue weighted by Gasteiger charge is 2.20. The molecule has 4 nitrogen and oxygen atoms in total. The van der Waals surface area contributed by atoms with Crippen molar-refractivity contribution in [3.63, 3.8) is 0 Å². The van der Waals surface area contributed by atoms with E-state index in [1.807, 2.05) is 13.8 Å². The fourth-order valence-electron chi connectivity index (χ4n) is 2.58. The van der Waals surface area contributed by atoms with Crippen LogP contribution in [-0.2, 0) is 4.79 Å². The Morgan fingerprint density at radius 3 is 2.63 bits per heavy atom. The van der Waals surface area contributed by atoms with Crippen molar-refractivity contribution >= 4 is 5.91 Å². The van der Waals surface area contributed by atoms with E-state index in [4.69, 9.17) is 0 Å². The number of piperidine rings is 1. The molecule has 1 heterocycles. The van der Waals surface area contributed by atoms with Crippen LogP contribution in [0.5, 0.6) is 0 Å². The molecule has 4 heteroatoms. The van der Waals surface area contributed by atoms with E-state index in [1.54, 1.807) is 0 Å². The second-order valence-electron chi connectivity index (χ2n) is 6.34. The Hall–Kier alpha value is -0.610. The molecule has 0 saturated carbocycles. The molecule has 1 aliphatic heterocycles.